The first kappa shape index (κ1) is 32.2. The second kappa shape index (κ2) is 14.7. The number of hydrogen-bond donors (Lipinski definition) is 3. The molecule has 0 radical (unpaired) electrons. The molecule has 45 heavy (non-hydrogen) atoms. The number of likely N-dealkylation sites (N-methyl/N-ethyl adjacent to an activating group) is 1. The van der Waals surface area contributed by atoms with E-state index in [2.05, 4.69) is 15.5 Å². The number of nitrogens with zero attached hydrogens (tertiary/aromatic N) is 3. The average Bonchev–Trinajstić information content (AvgIpc) is 3.05. The molecule has 240 valence electrons. The molecule has 11 nitrogen and oxygen atoms in total. The van der Waals surface area contributed by atoms with E-state index in [9.17, 15) is 19.5 Å². The number of rotatable bonds is 9. The van der Waals surface area contributed by atoms with Gasteiger partial charge in [0.25, 0.3) is 5.91 Å². The first-order valence-electron chi connectivity index (χ1n) is 15.6. The molecule has 3 atom stereocenters. The number of amides is 4. The molecule has 3 N–H and O–H groups in total. The Morgan fingerprint density at radius 2 is 1.82 bits per heavy atom. The molecule has 0 spiro atoms. The number of morpholine rings is 1. The van der Waals surface area contributed by atoms with Gasteiger partial charge in [0.1, 0.15) is 11.9 Å². The molecule has 0 aromatic heterocycles. The molecular formula is C34H43N5O6. The Morgan fingerprint density at radius 3 is 2.60 bits per heavy atom. The quantitative estimate of drug-likeness (QED) is 0.333. The Bertz CT molecular complexity index is 1500. The van der Waals surface area contributed by atoms with E-state index >= 15 is 0 Å². The lowest BCUT2D eigenvalue weighted by molar-refractivity contribution is -0.116. The summed E-state index contributed by atoms with van der Waals surface area (Å²) >= 11 is 0. The van der Waals surface area contributed by atoms with Gasteiger partial charge < -0.3 is 35.0 Å². The number of carbonyl (C=O) groups excluding carboxylic acids is 3. The van der Waals surface area contributed by atoms with Gasteiger partial charge in [-0.05, 0) is 36.6 Å². The van der Waals surface area contributed by atoms with E-state index in [0.29, 0.717) is 49.7 Å². The first-order valence-corrected chi connectivity index (χ1v) is 15.6. The lowest BCUT2D eigenvalue weighted by atomic mass is 9.99. The fourth-order valence-electron chi connectivity index (χ4n) is 5.72. The van der Waals surface area contributed by atoms with Crippen LogP contribution in [0.4, 0.5) is 16.2 Å². The van der Waals surface area contributed by atoms with Crippen molar-refractivity contribution >= 4 is 40.0 Å². The molecule has 2 heterocycles. The molecular weight excluding hydrogens is 574 g/mol. The molecule has 0 bridgehead atoms. The Hall–Kier alpha value is -4.19. The van der Waals surface area contributed by atoms with E-state index in [1.165, 1.54) is 0 Å². The molecule has 11 heteroatoms. The fourth-order valence-corrected chi connectivity index (χ4v) is 5.72. The van der Waals surface area contributed by atoms with E-state index in [-0.39, 0.29) is 36.9 Å². The number of carbonyl (C=O) groups is 3. The predicted octanol–water partition coefficient (Wildman–Crippen LogP) is 3.88. The number of anilines is 2. The van der Waals surface area contributed by atoms with Crippen LogP contribution in [0.3, 0.4) is 0 Å². The number of aliphatic hydroxyl groups is 1. The number of ether oxygens (including phenoxy) is 2. The SMILES string of the molecule is C[C@H]1CN([C@@H](C)CO)C(=O)c2cc(NC(=O)CCN3CCOCC3)ccc2O[C@@H]1CN(C)C(=O)Nc1cccc2ccccc12. The highest BCUT2D eigenvalue weighted by Gasteiger charge is 2.34. The molecule has 2 aliphatic heterocycles. The summed E-state index contributed by atoms with van der Waals surface area (Å²) < 4.78 is 11.8. The van der Waals surface area contributed by atoms with E-state index in [4.69, 9.17) is 9.47 Å². The lowest BCUT2D eigenvalue weighted by Gasteiger charge is -2.38. The number of fused-ring (bicyclic) bond motifs is 2. The Balaban J connectivity index is 1.31. The van der Waals surface area contributed by atoms with Crippen LogP contribution in [-0.2, 0) is 9.53 Å². The maximum Gasteiger partial charge on any atom is 0.321 e. The summed E-state index contributed by atoms with van der Waals surface area (Å²) in [7, 11) is 1.71. The monoisotopic (exact) mass is 617 g/mol. The Kier molecular flexibility index (Phi) is 10.5. The molecule has 0 saturated carbocycles. The van der Waals surface area contributed by atoms with Crippen LogP contribution in [0.5, 0.6) is 5.75 Å². The van der Waals surface area contributed by atoms with Crippen LogP contribution in [0, 0.1) is 5.92 Å². The van der Waals surface area contributed by atoms with Gasteiger partial charge >= 0.3 is 6.03 Å². The van der Waals surface area contributed by atoms with Gasteiger partial charge in [0.15, 0.2) is 0 Å². The van der Waals surface area contributed by atoms with Crippen LogP contribution < -0.4 is 15.4 Å². The molecule has 3 aromatic carbocycles. The highest BCUT2D eigenvalue weighted by atomic mass is 16.5. The topological polar surface area (TPSA) is 124 Å². The Morgan fingerprint density at radius 1 is 1.07 bits per heavy atom. The minimum absolute atomic E-state index is 0.147. The molecule has 0 aliphatic carbocycles. The second-order valence-electron chi connectivity index (χ2n) is 11.9. The van der Waals surface area contributed by atoms with Crippen LogP contribution in [0.25, 0.3) is 10.8 Å². The lowest BCUT2D eigenvalue weighted by Crippen LogP contribution is -2.50. The van der Waals surface area contributed by atoms with Crippen molar-refractivity contribution in [3.8, 4) is 5.75 Å². The summed E-state index contributed by atoms with van der Waals surface area (Å²) in [6.45, 7) is 7.71. The fraction of sp³-hybridized carbons (Fsp3) is 0.441. The van der Waals surface area contributed by atoms with Crippen molar-refractivity contribution < 1.29 is 29.0 Å². The van der Waals surface area contributed by atoms with Crippen molar-refractivity contribution in [2.75, 3.05) is 70.2 Å². The van der Waals surface area contributed by atoms with Gasteiger partial charge in [-0.15, -0.1) is 0 Å². The third-order valence-electron chi connectivity index (χ3n) is 8.54. The van der Waals surface area contributed by atoms with Gasteiger partial charge in [-0.3, -0.25) is 14.5 Å². The van der Waals surface area contributed by atoms with Gasteiger partial charge in [-0.25, -0.2) is 4.79 Å². The highest BCUT2D eigenvalue weighted by Crippen LogP contribution is 2.31. The maximum atomic E-state index is 13.8. The molecule has 5 rings (SSSR count). The molecule has 4 amide bonds. The molecule has 1 fully saturated rings. The number of nitrogens with one attached hydrogen (secondary N) is 2. The van der Waals surface area contributed by atoms with Crippen molar-refractivity contribution in [1.29, 1.82) is 0 Å². The summed E-state index contributed by atoms with van der Waals surface area (Å²) in [4.78, 5) is 45.3. The van der Waals surface area contributed by atoms with E-state index in [1.54, 1.807) is 42.0 Å². The van der Waals surface area contributed by atoms with Crippen molar-refractivity contribution in [3.63, 3.8) is 0 Å². The van der Waals surface area contributed by atoms with Crippen molar-refractivity contribution in [2.45, 2.75) is 32.4 Å². The molecule has 0 unspecified atom stereocenters. The number of hydrogen-bond acceptors (Lipinski definition) is 7. The summed E-state index contributed by atoms with van der Waals surface area (Å²) in [6, 6.07) is 18.0. The number of aliphatic hydroxyl groups excluding tert-OH is 1. The summed E-state index contributed by atoms with van der Waals surface area (Å²) in [5, 5.41) is 17.9. The summed E-state index contributed by atoms with van der Waals surface area (Å²) in [5.41, 5.74) is 1.50. The molecule has 1 saturated heterocycles. The van der Waals surface area contributed by atoms with Gasteiger partial charge in [0.05, 0.1) is 43.7 Å². The molecule has 3 aromatic rings. The zero-order valence-electron chi connectivity index (χ0n) is 26.2. The third-order valence-corrected chi connectivity index (χ3v) is 8.54. The van der Waals surface area contributed by atoms with E-state index < -0.39 is 12.1 Å². The normalized spacial score (nSPS) is 19.6. The summed E-state index contributed by atoms with van der Waals surface area (Å²) in [5.74, 6) is -0.237. The van der Waals surface area contributed by atoms with Crippen molar-refractivity contribution in [3.05, 3.63) is 66.2 Å². The third kappa shape index (κ3) is 7.91. The van der Waals surface area contributed by atoms with Crippen LogP contribution >= 0.6 is 0 Å². The van der Waals surface area contributed by atoms with Gasteiger partial charge in [-0.2, -0.15) is 0 Å². The largest absolute Gasteiger partial charge is 0.487 e. The van der Waals surface area contributed by atoms with E-state index in [1.807, 2.05) is 49.4 Å². The predicted molar refractivity (Wildman–Crippen MR) is 174 cm³/mol. The van der Waals surface area contributed by atoms with Gasteiger partial charge in [0, 0.05) is 56.6 Å². The summed E-state index contributed by atoms with van der Waals surface area (Å²) in [6.07, 6.45) is -0.135. The van der Waals surface area contributed by atoms with Crippen molar-refractivity contribution in [1.82, 2.24) is 14.7 Å². The van der Waals surface area contributed by atoms with Crippen LogP contribution in [0.2, 0.25) is 0 Å². The Labute approximate surface area is 264 Å². The van der Waals surface area contributed by atoms with Crippen LogP contribution in [0.1, 0.15) is 30.6 Å². The smallest absolute Gasteiger partial charge is 0.321 e. The first-order chi connectivity index (χ1) is 21.7. The van der Waals surface area contributed by atoms with Gasteiger partial charge in [0.2, 0.25) is 5.91 Å². The maximum absolute atomic E-state index is 13.8. The zero-order valence-corrected chi connectivity index (χ0v) is 26.2. The van der Waals surface area contributed by atoms with Crippen LogP contribution in [0.15, 0.2) is 60.7 Å². The standard InChI is InChI=1S/C34H43N5O6/c1-23-20-39(24(2)22-40)33(42)28-19-26(35-32(41)13-14-38-15-17-44-18-16-38)11-12-30(28)45-31(23)21-37(3)34(43)36-29-10-6-8-25-7-4-5-9-27(25)29/h4-12,19,23-24,31,40H,13-18,20-22H2,1-3H3,(H,35,41)(H,36,43)/t23-,24-,31+/m0/s1. The second-order valence-corrected chi connectivity index (χ2v) is 11.9. The number of urea groups is 1. The van der Waals surface area contributed by atoms with Crippen molar-refractivity contribution in [2.24, 2.45) is 5.92 Å². The zero-order chi connectivity index (χ0) is 31.9. The average molecular weight is 618 g/mol. The highest BCUT2D eigenvalue weighted by molar-refractivity contribution is 6.02. The number of benzene rings is 3. The van der Waals surface area contributed by atoms with Crippen LogP contribution in [-0.4, -0.2) is 109 Å². The minimum Gasteiger partial charge on any atom is -0.487 e. The van der Waals surface area contributed by atoms with Gasteiger partial charge in [-0.1, -0.05) is 43.3 Å². The minimum atomic E-state index is -0.456. The molecule has 2 aliphatic rings. The van der Waals surface area contributed by atoms with E-state index in [0.717, 1.165) is 29.5 Å².